The van der Waals surface area contributed by atoms with Crippen LogP contribution in [0.1, 0.15) is 18.1 Å². The van der Waals surface area contributed by atoms with E-state index in [1.807, 2.05) is 0 Å². The Morgan fingerprint density at radius 1 is 1.39 bits per heavy atom. The smallest absolute Gasteiger partial charge is 0.122 e. The number of rotatable bonds is 4. The Labute approximate surface area is 110 Å². The number of piperazine rings is 1. The van der Waals surface area contributed by atoms with Gasteiger partial charge in [0, 0.05) is 32.2 Å². The maximum absolute atomic E-state index is 5.89. The lowest BCUT2D eigenvalue weighted by atomic mass is 10.1. The minimum Gasteiger partial charge on any atom is -0.492 e. The van der Waals surface area contributed by atoms with Crippen LogP contribution < -0.4 is 10.1 Å². The Kier molecular flexibility index (Phi) is 4.61. The van der Waals surface area contributed by atoms with Crippen molar-refractivity contribution >= 4 is 0 Å². The van der Waals surface area contributed by atoms with Crippen molar-refractivity contribution < 1.29 is 4.74 Å². The summed E-state index contributed by atoms with van der Waals surface area (Å²) in [6.45, 7) is 11.6. The highest BCUT2D eigenvalue weighted by atomic mass is 16.5. The molecule has 0 radical (unpaired) electrons. The van der Waals surface area contributed by atoms with Gasteiger partial charge in [-0.1, -0.05) is 12.1 Å². The molecule has 1 heterocycles. The van der Waals surface area contributed by atoms with Gasteiger partial charge in [-0.25, -0.2) is 0 Å². The first-order chi connectivity index (χ1) is 8.65. The summed E-state index contributed by atoms with van der Waals surface area (Å²) in [5, 5.41) is 3.45. The van der Waals surface area contributed by atoms with Crippen LogP contribution in [0.4, 0.5) is 0 Å². The van der Waals surface area contributed by atoms with E-state index in [4.69, 9.17) is 4.74 Å². The topological polar surface area (TPSA) is 24.5 Å². The van der Waals surface area contributed by atoms with Crippen molar-refractivity contribution in [1.29, 1.82) is 0 Å². The maximum atomic E-state index is 5.89. The second kappa shape index (κ2) is 6.21. The Bertz CT molecular complexity index is 392. The highest BCUT2D eigenvalue weighted by molar-refractivity contribution is 5.35. The number of aryl methyl sites for hydroxylation is 2. The van der Waals surface area contributed by atoms with E-state index in [-0.39, 0.29) is 0 Å². The highest BCUT2D eigenvalue weighted by Gasteiger charge is 2.14. The third-order valence-electron chi connectivity index (χ3n) is 3.46. The molecule has 1 saturated heterocycles. The third kappa shape index (κ3) is 3.72. The molecule has 0 amide bonds. The van der Waals surface area contributed by atoms with E-state index in [1.54, 1.807) is 0 Å². The van der Waals surface area contributed by atoms with Crippen molar-refractivity contribution in [2.75, 3.05) is 32.8 Å². The van der Waals surface area contributed by atoms with Crippen LogP contribution in [0.15, 0.2) is 18.2 Å². The summed E-state index contributed by atoms with van der Waals surface area (Å²) in [4.78, 5) is 2.46. The standard InChI is InChI=1S/C15H24N2O/c1-12-4-5-13(2)15(10-12)18-9-8-17-7-6-16-14(3)11-17/h4-5,10,14,16H,6-9,11H2,1-3H3. The Balaban J connectivity index is 1.79. The fourth-order valence-electron chi connectivity index (χ4n) is 2.36. The first-order valence-corrected chi connectivity index (χ1v) is 6.81. The molecule has 3 nitrogen and oxygen atoms in total. The molecule has 0 saturated carbocycles. The van der Waals surface area contributed by atoms with Gasteiger partial charge in [0.1, 0.15) is 12.4 Å². The minimum absolute atomic E-state index is 0.597. The molecule has 1 atom stereocenters. The number of nitrogens with one attached hydrogen (secondary N) is 1. The van der Waals surface area contributed by atoms with E-state index >= 15 is 0 Å². The van der Waals surface area contributed by atoms with Crippen molar-refractivity contribution in [2.45, 2.75) is 26.8 Å². The molecular formula is C15H24N2O. The van der Waals surface area contributed by atoms with Gasteiger partial charge in [0.05, 0.1) is 0 Å². The SMILES string of the molecule is Cc1ccc(C)c(OCCN2CCNC(C)C2)c1. The van der Waals surface area contributed by atoms with Gasteiger partial charge < -0.3 is 10.1 Å². The molecule has 1 N–H and O–H groups in total. The second-order valence-corrected chi connectivity index (χ2v) is 5.27. The zero-order valence-electron chi connectivity index (χ0n) is 11.7. The normalized spacial score (nSPS) is 20.9. The van der Waals surface area contributed by atoms with Gasteiger partial charge in [0.25, 0.3) is 0 Å². The summed E-state index contributed by atoms with van der Waals surface area (Å²) in [6.07, 6.45) is 0. The fourth-order valence-corrected chi connectivity index (χ4v) is 2.36. The molecule has 1 aromatic rings. The van der Waals surface area contributed by atoms with Crippen LogP contribution >= 0.6 is 0 Å². The summed E-state index contributed by atoms with van der Waals surface area (Å²) in [5.74, 6) is 1.03. The highest BCUT2D eigenvalue weighted by Crippen LogP contribution is 2.18. The molecule has 100 valence electrons. The molecule has 1 fully saturated rings. The summed E-state index contributed by atoms with van der Waals surface area (Å²) >= 11 is 0. The van der Waals surface area contributed by atoms with Gasteiger partial charge in [-0.05, 0) is 38.0 Å². The Morgan fingerprint density at radius 2 is 2.22 bits per heavy atom. The number of ether oxygens (including phenoxy) is 1. The van der Waals surface area contributed by atoms with Gasteiger partial charge in [0.2, 0.25) is 0 Å². The molecule has 1 aromatic carbocycles. The van der Waals surface area contributed by atoms with Crippen LogP contribution in [-0.2, 0) is 0 Å². The zero-order valence-corrected chi connectivity index (χ0v) is 11.7. The van der Waals surface area contributed by atoms with Crippen LogP contribution in [0.2, 0.25) is 0 Å². The average molecular weight is 248 g/mol. The van der Waals surface area contributed by atoms with Crippen LogP contribution in [0.3, 0.4) is 0 Å². The molecule has 3 heteroatoms. The second-order valence-electron chi connectivity index (χ2n) is 5.27. The average Bonchev–Trinajstić information content (AvgIpc) is 2.34. The van der Waals surface area contributed by atoms with Gasteiger partial charge in [-0.3, -0.25) is 4.90 Å². The number of hydrogen-bond donors (Lipinski definition) is 1. The van der Waals surface area contributed by atoms with Crippen LogP contribution in [0, 0.1) is 13.8 Å². The maximum Gasteiger partial charge on any atom is 0.122 e. The van der Waals surface area contributed by atoms with Gasteiger partial charge >= 0.3 is 0 Å². The molecule has 0 spiro atoms. The molecule has 1 unspecified atom stereocenters. The lowest BCUT2D eigenvalue weighted by Crippen LogP contribution is -2.50. The lowest BCUT2D eigenvalue weighted by molar-refractivity contribution is 0.170. The van der Waals surface area contributed by atoms with Gasteiger partial charge in [-0.15, -0.1) is 0 Å². The summed E-state index contributed by atoms with van der Waals surface area (Å²) in [6, 6.07) is 6.97. The molecule has 18 heavy (non-hydrogen) atoms. The Hall–Kier alpha value is -1.06. The van der Waals surface area contributed by atoms with Crippen molar-refractivity contribution in [2.24, 2.45) is 0 Å². The third-order valence-corrected chi connectivity index (χ3v) is 3.46. The zero-order chi connectivity index (χ0) is 13.0. The summed E-state index contributed by atoms with van der Waals surface area (Å²) < 4.78 is 5.89. The molecule has 0 bridgehead atoms. The van der Waals surface area contributed by atoms with E-state index in [2.05, 4.69) is 49.2 Å². The van der Waals surface area contributed by atoms with Crippen molar-refractivity contribution in [3.05, 3.63) is 29.3 Å². The van der Waals surface area contributed by atoms with Crippen LogP contribution in [-0.4, -0.2) is 43.7 Å². The van der Waals surface area contributed by atoms with Crippen molar-refractivity contribution in [3.8, 4) is 5.75 Å². The molecule has 2 rings (SSSR count). The predicted octanol–water partition coefficient (Wildman–Crippen LogP) is 1.98. The van der Waals surface area contributed by atoms with Gasteiger partial charge in [0.15, 0.2) is 0 Å². The van der Waals surface area contributed by atoms with Crippen LogP contribution in [0.25, 0.3) is 0 Å². The number of hydrogen-bond acceptors (Lipinski definition) is 3. The number of benzene rings is 1. The predicted molar refractivity (Wildman–Crippen MR) is 75.3 cm³/mol. The fraction of sp³-hybridized carbons (Fsp3) is 0.600. The number of nitrogens with zero attached hydrogens (tertiary/aromatic N) is 1. The molecule has 1 aliphatic heterocycles. The van der Waals surface area contributed by atoms with E-state index in [0.29, 0.717) is 6.04 Å². The monoisotopic (exact) mass is 248 g/mol. The molecule has 1 aliphatic rings. The molecular weight excluding hydrogens is 224 g/mol. The quantitative estimate of drug-likeness (QED) is 0.882. The largest absolute Gasteiger partial charge is 0.492 e. The van der Waals surface area contributed by atoms with E-state index in [1.165, 1.54) is 11.1 Å². The summed E-state index contributed by atoms with van der Waals surface area (Å²) in [7, 11) is 0. The van der Waals surface area contributed by atoms with Crippen molar-refractivity contribution in [3.63, 3.8) is 0 Å². The first-order valence-electron chi connectivity index (χ1n) is 6.81. The lowest BCUT2D eigenvalue weighted by Gasteiger charge is -2.31. The minimum atomic E-state index is 0.597. The molecule has 0 aromatic heterocycles. The molecule has 0 aliphatic carbocycles. The van der Waals surface area contributed by atoms with E-state index in [9.17, 15) is 0 Å². The van der Waals surface area contributed by atoms with E-state index in [0.717, 1.165) is 38.5 Å². The van der Waals surface area contributed by atoms with Gasteiger partial charge in [-0.2, -0.15) is 0 Å². The van der Waals surface area contributed by atoms with Crippen LogP contribution in [0.5, 0.6) is 5.75 Å². The van der Waals surface area contributed by atoms with Crippen molar-refractivity contribution in [1.82, 2.24) is 10.2 Å². The van der Waals surface area contributed by atoms with E-state index < -0.39 is 0 Å². The first kappa shape index (κ1) is 13.4. The summed E-state index contributed by atoms with van der Waals surface area (Å²) in [5.41, 5.74) is 2.47. The Morgan fingerprint density at radius 3 is 3.00 bits per heavy atom.